The molecule has 1 aliphatic rings. The van der Waals surface area contributed by atoms with Crippen molar-refractivity contribution >= 4 is 21.4 Å². The van der Waals surface area contributed by atoms with Crippen molar-refractivity contribution in [1.29, 1.82) is 0 Å². The van der Waals surface area contributed by atoms with E-state index in [0.29, 0.717) is 19.8 Å². The van der Waals surface area contributed by atoms with E-state index in [1.54, 1.807) is 11.3 Å². The van der Waals surface area contributed by atoms with E-state index in [9.17, 15) is 0 Å². The number of rotatable bonds is 9. The molecule has 0 bridgehead atoms. The van der Waals surface area contributed by atoms with Crippen LogP contribution in [0.2, 0.25) is 0 Å². The fourth-order valence-electron chi connectivity index (χ4n) is 3.82. The monoisotopic (exact) mass is 412 g/mol. The largest absolute Gasteiger partial charge is 0.368 e. The van der Waals surface area contributed by atoms with Gasteiger partial charge in [0.2, 0.25) is 0 Å². The van der Waals surface area contributed by atoms with Gasteiger partial charge in [-0.2, -0.15) is 0 Å². The molecular weight excluding hydrogens is 384 g/mol. The van der Waals surface area contributed by atoms with Crippen molar-refractivity contribution in [2.24, 2.45) is 0 Å². The average Bonchev–Trinajstić information content (AvgIpc) is 3.36. The predicted molar refractivity (Wildman–Crippen MR) is 116 cm³/mol. The van der Waals surface area contributed by atoms with Crippen LogP contribution in [0.25, 0.3) is 10.1 Å². The third-order valence-electron chi connectivity index (χ3n) is 5.28. The van der Waals surface area contributed by atoms with Gasteiger partial charge >= 0.3 is 0 Å². The number of fused-ring (bicyclic) bond motifs is 1. The molecule has 1 aromatic heterocycles. The van der Waals surface area contributed by atoms with Gasteiger partial charge in [0.05, 0.1) is 19.3 Å². The molecule has 4 nitrogen and oxygen atoms in total. The molecule has 1 aliphatic heterocycles. The predicted octanol–water partition coefficient (Wildman–Crippen LogP) is 5.54. The zero-order chi connectivity index (χ0) is 20.1. The Morgan fingerprint density at radius 3 is 2.48 bits per heavy atom. The van der Waals surface area contributed by atoms with Crippen molar-refractivity contribution in [1.82, 2.24) is 0 Å². The molecule has 0 aliphatic carbocycles. The smallest absolute Gasteiger partial charge is 0.186 e. The molecule has 2 heterocycles. The maximum absolute atomic E-state index is 6.40. The average molecular weight is 413 g/mol. The highest BCUT2D eigenvalue weighted by Gasteiger charge is 2.46. The molecule has 4 atom stereocenters. The van der Waals surface area contributed by atoms with Crippen LogP contribution in [0.3, 0.4) is 0 Å². The minimum atomic E-state index is -0.409. The Labute approximate surface area is 176 Å². The van der Waals surface area contributed by atoms with Crippen LogP contribution in [-0.2, 0) is 32.2 Å². The molecule has 0 spiro atoms. The normalized spacial score (nSPS) is 24.3. The number of hydrogen-bond acceptors (Lipinski definition) is 5. The zero-order valence-corrected chi connectivity index (χ0v) is 17.8. The second-order valence-electron chi connectivity index (χ2n) is 7.20. The SMILES string of the molecule is CCOC1O[C@H](CC)[C@H](OCc2ccccc2)[C@H]1OCc1cccc2ccsc12. The summed E-state index contributed by atoms with van der Waals surface area (Å²) in [6, 6.07) is 18.7. The molecule has 0 saturated carbocycles. The molecule has 0 radical (unpaired) electrons. The van der Waals surface area contributed by atoms with Crippen molar-refractivity contribution in [2.75, 3.05) is 6.61 Å². The van der Waals surface area contributed by atoms with Gasteiger partial charge < -0.3 is 18.9 Å². The third-order valence-corrected chi connectivity index (χ3v) is 6.28. The molecule has 1 unspecified atom stereocenters. The van der Waals surface area contributed by atoms with Crippen LogP contribution in [0.4, 0.5) is 0 Å². The highest BCUT2D eigenvalue weighted by atomic mass is 32.1. The summed E-state index contributed by atoms with van der Waals surface area (Å²) >= 11 is 1.75. The maximum atomic E-state index is 6.40. The minimum absolute atomic E-state index is 0.0437. The lowest BCUT2D eigenvalue weighted by Gasteiger charge is -2.24. The van der Waals surface area contributed by atoms with Crippen molar-refractivity contribution < 1.29 is 18.9 Å². The number of hydrogen-bond donors (Lipinski definition) is 0. The van der Waals surface area contributed by atoms with Gasteiger partial charge in [-0.05, 0) is 41.3 Å². The highest BCUT2D eigenvalue weighted by Crippen LogP contribution is 2.32. The van der Waals surface area contributed by atoms with Gasteiger partial charge in [0.25, 0.3) is 0 Å². The van der Waals surface area contributed by atoms with Gasteiger partial charge in [-0.3, -0.25) is 0 Å². The van der Waals surface area contributed by atoms with E-state index < -0.39 is 6.29 Å². The Morgan fingerprint density at radius 2 is 1.69 bits per heavy atom. The second-order valence-corrected chi connectivity index (χ2v) is 8.12. The first kappa shape index (κ1) is 20.5. The summed E-state index contributed by atoms with van der Waals surface area (Å²) < 4.78 is 26.0. The lowest BCUT2D eigenvalue weighted by Crippen LogP contribution is -2.38. The molecule has 154 valence electrons. The molecule has 1 saturated heterocycles. The third kappa shape index (κ3) is 4.71. The summed E-state index contributed by atoms with van der Waals surface area (Å²) in [5, 5.41) is 3.37. The van der Waals surface area contributed by atoms with E-state index in [1.807, 2.05) is 25.1 Å². The standard InChI is InChI=1S/C24H28O4S/c1-3-20-21(26-15-17-9-6-5-7-10-17)22(24(28-20)25-4-2)27-16-19-12-8-11-18-13-14-29-23(18)19/h5-14,20-22,24H,3-4,15-16H2,1-2H3/t20-,21+,22-,24?/m1/s1. The van der Waals surface area contributed by atoms with Gasteiger partial charge in [-0.1, -0.05) is 55.5 Å². The Balaban J connectivity index is 1.50. The molecule has 0 amide bonds. The lowest BCUT2D eigenvalue weighted by molar-refractivity contribution is -0.178. The Kier molecular flexibility index (Phi) is 6.95. The van der Waals surface area contributed by atoms with Crippen LogP contribution in [0.1, 0.15) is 31.4 Å². The molecule has 3 aromatic rings. The number of thiophene rings is 1. The van der Waals surface area contributed by atoms with Gasteiger partial charge in [0.1, 0.15) is 12.2 Å². The van der Waals surface area contributed by atoms with Gasteiger partial charge in [-0.15, -0.1) is 11.3 Å². The summed E-state index contributed by atoms with van der Waals surface area (Å²) in [5.74, 6) is 0. The fourth-order valence-corrected chi connectivity index (χ4v) is 4.72. The first-order valence-electron chi connectivity index (χ1n) is 10.3. The maximum Gasteiger partial charge on any atom is 0.186 e. The molecule has 4 rings (SSSR count). The first-order chi connectivity index (χ1) is 14.3. The topological polar surface area (TPSA) is 36.9 Å². The van der Waals surface area contributed by atoms with Crippen molar-refractivity contribution in [3.8, 4) is 0 Å². The van der Waals surface area contributed by atoms with Gasteiger partial charge in [-0.25, -0.2) is 0 Å². The fraction of sp³-hybridized carbons (Fsp3) is 0.417. The summed E-state index contributed by atoms with van der Waals surface area (Å²) in [5.41, 5.74) is 2.33. The Hall–Kier alpha value is -1.76. The summed E-state index contributed by atoms with van der Waals surface area (Å²) in [6.07, 6.45) is -0.0344. The molecular formula is C24H28O4S. The van der Waals surface area contributed by atoms with E-state index >= 15 is 0 Å². The van der Waals surface area contributed by atoms with Gasteiger partial charge in [0, 0.05) is 11.3 Å². The van der Waals surface area contributed by atoms with E-state index in [4.69, 9.17) is 18.9 Å². The van der Waals surface area contributed by atoms with E-state index in [2.05, 4.69) is 48.7 Å². The summed E-state index contributed by atoms with van der Waals surface area (Å²) in [6.45, 7) is 5.71. The first-order valence-corrected chi connectivity index (χ1v) is 11.2. The van der Waals surface area contributed by atoms with Crippen LogP contribution in [0, 0.1) is 0 Å². The van der Waals surface area contributed by atoms with E-state index in [0.717, 1.165) is 12.0 Å². The Morgan fingerprint density at radius 1 is 0.862 bits per heavy atom. The van der Waals surface area contributed by atoms with Crippen molar-refractivity contribution in [3.05, 3.63) is 71.1 Å². The Bertz CT molecular complexity index is 894. The molecule has 1 fully saturated rings. The van der Waals surface area contributed by atoms with Crippen LogP contribution in [0.15, 0.2) is 60.0 Å². The van der Waals surface area contributed by atoms with Crippen LogP contribution in [-0.4, -0.2) is 31.2 Å². The number of ether oxygens (including phenoxy) is 4. The number of benzene rings is 2. The quantitative estimate of drug-likeness (QED) is 0.462. The highest BCUT2D eigenvalue weighted by molar-refractivity contribution is 7.17. The summed E-state index contributed by atoms with van der Waals surface area (Å²) in [7, 11) is 0. The van der Waals surface area contributed by atoms with Gasteiger partial charge in [0.15, 0.2) is 6.29 Å². The van der Waals surface area contributed by atoms with Crippen LogP contribution < -0.4 is 0 Å². The molecule has 0 N–H and O–H groups in total. The second kappa shape index (κ2) is 9.83. The van der Waals surface area contributed by atoms with E-state index in [1.165, 1.54) is 15.6 Å². The van der Waals surface area contributed by atoms with E-state index in [-0.39, 0.29) is 18.3 Å². The minimum Gasteiger partial charge on any atom is -0.368 e. The zero-order valence-electron chi connectivity index (χ0n) is 17.0. The van der Waals surface area contributed by atoms with Crippen molar-refractivity contribution in [3.63, 3.8) is 0 Å². The molecule has 29 heavy (non-hydrogen) atoms. The van der Waals surface area contributed by atoms with Crippen LogP contribution in [0.5, 0.6) is 0 Å². The lowest BCUT2D eigenvalue weighted by atomic mass is 10.1. The summed E-state index contributed by atoms with van der Waals surface area (Å²) in [4.78, 5) is 0. The molecule has 2 aromatic carbocycles. The van der Waals surface area contributed by atoms with Crippen LogP contribution >= 0.6 is 11.3 Å². The van der Waals surface area contributed by atoms with Crippen molar-refractivity contribution in [2.45, 2.75) is 58.1 Å². The molecule has 5 heteroatoms.